The van der Waals surface area contributed by atoms with Crippen molar-refractivity contribution in [3.05, 3.63) is 28.8 Å². The Kier molecular flexibility index (Phi) is 7.10. The van der Waals surface area contributed by atoms with E-state index in [1.807, 2.05) is 0 Å². The van der Waals surface area contributed by atoms with E-state index in [4.69, 9.17) is 17.3 Å². The minimum atomic E-state index is -4.80. The summed E-state index contributed by atoms with van der Waals surface area (Å²) in [6.45, 7) is 3.57. The van der Waals surface area contributed by atoms with Crippen molar-refractivity contribution in [2.24, 2.45) is 11.7 Å². The average Bonchev–Trinajstić information content (AvgIpc) is 2.28. The molecule has 0 saturated carbocycles. The third kappa shape index (κ3) is 5.36. The van der Waals surface area contributed by atoms with Gasteiger partial charge in [-0.3, -0.25) is 0 Å². The highest BCUT2D eigenvalue weighted by Gasteiger charge is 2.32. The summed E-state index contributed by atoms with van der Waals surface area (Å²) in [4.78, 5) is 0. The SMILES string of the molecule is CC(C)[C@@H](O)[C@@H](N)c1ccc(OC(F)(F)F)c(Cl)c1.Cl. The summed E-state index contributed by atoms with van der Waals surface area (Å²) in [6, 6.07) is 2.97. The van der Waals surface area contributed by atoms with E-state index >= 15 is 0 Å². The first kappa shape index (κ1) is 19.3. The molecule has 0 spiro atoms. The molecule has 0 heterocycles. The Hall–Kier alpha value is -0.690. The summed E-state index contributed by atoms with van der Waals surface area (Å²) in [7, 11) is 0. The monoisotopic (exact) mass is 333 g/mol. The summed E-state index contributed by atoms with van der Waals surface area (Å²) < 4.78 is 39.9. The van der Waals surface area contributed by atoms with Crippen molar-refractivity contribution >= 4 is 24.0 Å². The number of alkyl halides is 3. The first-order chi connectivity index (χ1) is 8.61. The second-order valence-electron chi connectivity index (χ2n) is 4.50. The molecule has 0 bridgehead atoms. The fourth-order valence-electron chi connectivity index (χ4n) is 1.54. The summed E-state index contributed by atoms with van der Waals surface area (Å²) in [5.41, 5.74) is 6.26. The lowest BCUT2D eigenvalue weighted by Crippen LogP contribution is -2.30. The van der Waals surface area contributed by atoms with Gasteiger partial charge in [-0.25, -0.2) is 0 Å². The van der Waals surface area contributed by atoms with Crippen LogP contribution in [0.25, 0.3) is 0 Å². The molecule has 0 radical (unpaired) electrons. The molecule has 0 saturated heterocycles. The smallest absolute Gasteiger partial charge is 0.404 e. The number of benzene rings is 1. The van der Waals surface area contributed by atoms with Crippen LogP contribution in [0, 0.1) is 5.92 Å². The maximum atomic E-state index is 12.1. The molecule has 0 fully saturated rings. The van der Waals surface area contributed by atoms with Gasteiger partial charge in [0.05, 0.1) is 17.2 Å². The van der Waals surface area contributed by atoms with Crippen molar-refractivity contribution in [3.8, 4) is 5.75 Å². The highest BCUT2D eigenvalue weighted by atomic mass is 35.5. The largest absolute Gasteiger partial charge is 0.573 e. The molecule has 0 aliphatic carbocycles. The molecule has 3 nitrogen and oxygen atoms in total. The summed E-state index contributed by atoms with van der Waals surface area (Å²) in [5, 5.41) is 9.61. The fraction of sp³-hybridized carbons (Fsp3) is 0.500. The number of aliphatic hydroxyl groups is 1. The topological polar surface area (TPSA) is 55.5 Å². The molecule has 0 aromatic heterocycles. The van der Waals surface area contributed by atoms with Crippen molar-refractivity contribution in [3.63, 3.8) is 0 Å². The zero-order valence-corrected chi connectivity index (χ0v) is 12.4. The summed E-state index contributed by atoms with van der Waals surface area (Å²) in [6.07, 6.45) is -5.62. The fourth-order valence-corrected chi connectivity index (χ4v) is 1.77. The number of hydrogen-bond donors (Lipinski definition) is 2. The first-order valence-corrected chi connectivity index (χ1v) is 5.98. The normalized spacial score (nSPS) is 14.7. The van der Waals surface area contributed by atoms with Crippen LogP contribution in [-0.2, 0) is 0 Å². The van der Waals surface area contributed by atoms with E-state index in [1.54, 1.807) is 13.8 Å². The van der Waals surface area contributed by atoms with Gasteiger partial charge in [0.2, 0.25) is 0 Å². The predicted octanol–water partition coefficient (Wildman–Crippen LogP) is 3.68. The van der Waals surface area contributed by atoms with Crippen molar-refractivity contribution in [2.45, 2.75) is 32.4 Å². The minimum absolute atomic E-state index is 0. The average molecular weight is 334 g/mol. The van der Waals surface area contributed by atoms with E-state index in [0.717, 1.165) is 6.07 Å². The second-order valence-corrected chi connectivity index (χ2v) is 4.91. The molecule has 1 aromatic rings. The molecule has 0 amide bonds. The summed E-state index contributed by atoms with van der Waals surface area (Å²) in [5.74, 6) is -0.580. The van der Waals surface area contributed by atoms with Crippen LogP contribution >= 0.6 is 24.0 Å². The zero-order chi connectivity index (χ0) is 14.8. The number of ether oxygens (including phenoxy) is 1. The third-order valence-corrected chi connectivity index (χ3v) is 2.91. The molecule has 0 aliphatic heterocycles. The van der Waals surface area contributed by atoms with Gasteiger partial charge in [0.15, 0.2) is 0 Å². The van der Waals surface area contributed by atoms with Gasteiger partial charge in [0.25, 0.3) is 0 Å². The zero-order valence-electron chi connectivity index (χ0n) is 10.8. The van der Waals surface area contributed by atoms with Gasteiger partial charge in [-0.1, -0.05) is 31.5 Å². The molecule has 20 heavy (non-hydrogen) atoms. The molecular formula is C12H16Cl2F3NO2. The molecule has 0 unspecified atom stereocenters. The Morgan fingerprint density at radius 2 is 1.85 bits per heavy atom. The number of nitrogens with two attached hydrogens (primary N) is 1. The molecule has 3 N–H and O–H groups in total. The molecule has 116 valence electrons. The lowest BCUT2D eigenvalue weighted by atomic mass is 9.94. The number of halogens is 5. The van der Waals surface area contributed by atoms with Gasteiger partial charge in [-0.2, -0.15) is 0 Å². The molecular weight excluding hydrogens is 318 g/mol. The standard InChI is InChI=1S/C12H15ClF3NO2.ClH/c1-6(2)11(18)10(17)7-3-4-9(8(13)5-7)19-12(14,15)16;/h3-6,10-11,18H,17H2,1-2H3;1H/t10-,11+;/m0./s1. The van der Waals surface area contributed by atoms with Crippen LogP contribution in [0.5, 0.6) is 5.75 Å². The quantitative estimate of drug-likeness (QED) is 0.883. The van der Waals surface area contributed by atoms with E-state index in [1.165, 1.54) is 12.1 Å². The van der Waals surface area contributed by atoms with Gasteiger partial charge < -0.3 is 15.6 Å². The number of hydrogen-bond acceptors (Lipinski definition) is 3. The maximum Gasteiger partial charge on any atom is 0.573 e. The Balaban J connectivity index is 0.00000361. The van der Waals surface area contributed by atoms with Crippen molar-refractivity contribution in [1.82, 2.24) is 0 Å². The van der Waals surface area contributed by atoms with E-state index in [2.05, 4.69) is 4.74 Å². The second kappa shape index (κ2) is 7.36. The van der Waals surface area contributed by atoms with Gasteiger partial charge in [-0.15, -0.1) is 25.6 Å². The Morgan fingerprint density at radius 1 is 1.30 bits per heavy atom. The van der Waals surface area contributed by atoms with Gasteiger partial charge in [0.1, 0.15) is 5.75 Å². The number of rotatable bonds is 4. The van der Waals surface area contributed by atoms with Crippen molar-refractivity contribution < 1.29 is 23.0 Å². The van der Waals surface area contributed by atoms with Gasteiger partial charge in [-0.05, 0) is 23.6 Å². The molecule has 2 atom stereocenters. The molecule has 1 rings (SSSR count). The maximum absolute atomic E-state index is 12.1. The van der Waals surface area contributed by atoms with Gasteiger partial charge >= 0.3 is 6.36 Å². The highest BCUT2D eigenvalue weighted by Crippen LogP contribution is 2.32. The van der Waals surface area contributed by atoms with Crippen LogP contribution in [0.4, 0.5) is 13.2 Å². The van der Waals surface area contributed by atoms with E-state index in [0.29, 0.717) is 5.56 Å². The van der Waals surface area contributed by atoms with Crippen LogP contribution in [0.1, 0.15) is 25.5 Å². The van der Waals surface area contributed by atoms with E-state index < -0.39 is 24.3 Å². The molecule has 8 heteroatoms. The lowest BCUT2D eigenvalue weighted by Gasteiger charge is -2.23. The van der Waals surface area contributed by atoms with E-state index in [9.17, 15) is 18.3 Å². The molecule has 1 aromatic carbocycles. The molecule has 0 aliphatic rings. The van der Waals surface area contributed by atoms with Crippen LogP contribution in [-0.4, -0.2) is 17.6 Å². The van der Waals surface area contributed by atoms with E-state index in [-0.39, 0.29) is 23.3 Å². The van der Waals surface area contributed by atoms with Crippen LogP contribution in [0.2, 0.25) is 5.02 Å². The minimum Gasteiger partial charge on any atom is -0.404 e. The summed E-state index contributed by atoms with van der Waals surface area (Å²) >= 11 is 5.70. The highest BCUT2D eigenvalue weighted by molar-refractivity contribution is 6.32. The van der Waals surface area contributed by atoms with Crippen LogP contribution in [0.3, 0.4) is 0 Å². The third-order valence-electron chi connectivity index (χ3n) is 2.62. The van der Waals surface area contributed by atoms with Crippen molar-refractivity contribution in [2.75, 3.05) is 0 Å². The Labute approximate surface area is 126 Å². The Morgan fingerprint density at radius 3 is 2.25 bits per heavy atom. The van der Waals surface area contributed by atoms with Crippen LogP contribution in [0.15, 0.2) is 18.2 Å². The first-order valence-electron chi connectivity index (χ1n) is 5.60. The number of aliphatic hydroxyl groups excluding tert-OH is 1. The predicted molar refractivity (Wildman–Crippen MR) is 73.2 cm³/mol. The van der Waals surface area contributed by atoms with Crippen molar-refractivity contribution in [1.29, 1.82) is 0 Å². The van der Waals surface area contributed by atoms with Gasteiger partial charge in [0, 0.05) is 0 Å². The lowest BCUT2D eigenvalue weighted by molar-refractivity contribution is -0.274. The Bertz CT molecular complexity index is 441. The van der Waals surface area contributed by atoms with Crippen LogP contribution < -0.4 is 10.5 Å².